The van der Waals surface area contributed by atoms with Gasteiger partial charge >= 0.3 is 12.0 Å². The molecule has 0 spiro atoms. The fourth-order valence-electron chi connectivity index (χ4n) is 2.79. The molecule has 5 heteroatoms. The summed E-state index contributed by atoms with van der Waals surface area (Å²) in [6.07, 6.45) is 0. The molecule has 1 atom stereocenters. The second-order valence-corrected chi connectivity index (χ2v) is 6.68. The van der Waals surface area contributed by atoms with Crippen LogP contribution >= 0.6 is 0 Å². The minimum Gasteiger partial charge on any atom is -0.479 e. The molecule has 0 radical (unpaired) electrons. The molecular weight excluding hydrogens is 268 g/mol. The highest BCUT2D eigenvalue weighted by Crippen LogP contribution is 2.62. The zero-order valence-electron chi connectivity index (χ0n) is 12.8. The molecule has 114 valence electrons. The lowest BCUT2D eigenvalue weighted by molar-refractivity contribution is -0.139. The Morgan fingerprint density at radius 1 is 1.10 bits per heavy atom. The molecule has 21 heavy (non-hydrogen) atoms. The van der Waals surface area contributed by atoms with Gasteiger partial charge in [-0.15, -0.1) is 0 Å². The van der Waals surface area contributed by atoms with Crippen molar-refractivity contribution in [2.45, 2.75) is 39.8 Å². The summed E-state index contributed by atoms with van der Waals surface area (Å²) >= 11 is 0. The highest BCUT2D eigenvalue weighted by atomic mass is 16.4. The Bertz CT molecular complexity index is 538. The predicted octanol–water partition coefficient (Wildman–Crippen LogP) is 2.55. The number of urea groups is 1. The lowest BCUT2D eigenvalue weighted by Crippen LogP contribution is -2.43. The molecule has 0 aliphatic heterocycles. The van der Waals surface area contributed by atoms with Gasteiger partial charge in [0.1, 0.15) is 0 Å². The molecule has 1 aliphatic carbocycles. The van der Waals surface area contributed by atoms with Crippen molar-refractivity contribution >= 4 is 12.0 Å². The van der Waals surface area contributed by atoms with Gasteiger partial charge in [0.05, 0.1) is 0 Å². The summed E-state index contributed by atoms with van der Waals surface area (Å²) in [5.74, 6) is -1.08. The summed E-state index contributed by atoms with van der Waals surface area (Å²) in [6.45, 7) is 8.35. The second-order valence-electron chi connectivity index (χ2n) is 6.68. The van der Waals surface area contributed by atoms with Crippen molar-refractivity contribution in [2.75, 3.05) is 0 Å². The first-order chi connectivity index (χ1) is 9.68. The lowest BCUT2D eigenvalue weighted by atomic mass is 10.0. The van der Waals surface area contributed by atoms with Crippen molar-refractivity contribution in [3.8, 4) is 0 Å². The van der Waals surface area contributed by atoms with E-state index in [2.05, 4.69) is 38.3 Å². The van der Waals surface area contributed by atoms with E-state index in [1.807, 2.05) is 0 Å². The highest BCUT2D eigenvalue weighted by molar-refractivity contribution is 5.84. The maximum absolute atomic E-state index is 12.1. The van der Waals surface area contributed by atoms with Crippen molar-refractivity contribution in [2.24, 2.45) is 10.8 Å². The number of benzene rings is 1. The summed E-state index contributed by atoms with van der Waals surface area (Å²) in [6, 6.07) is 7.21. The van der Waals surface area contributed by atoms with Crippen LogP contribution in [0.4, 0.5) is 4.79 Å². The average molecular weight is 290 g/mol. The Kier molecular flexibility index (Phi) is 3.70. The maximum Gasteiger partial charge on any atom is 0.330 e. The average Bonchev–Trinajstić information content (AvgIpc) is 2.79. The van der Waals surface area contributed by atoms with Crippen LogP contribution in [0.3, 0.4) is 0 Å². The molecule has 0 aromatic heterocycles. The van der Waals surface area contributed by atoms with Crippen LogP contribution in [0.5, 0.6) is 0 Å². The molecule has 3 N–H and O–H groups in total. The molecule has 1 saturated carbocycles. The van der Waals surface area contributed by atoms with E-state index in [-0.39, 0.29) is 16.9 Å². The number of carboxylic acid groups (broad SMARTS) is 1. The smallest absolute Gasteiger partial charge is 0.330 e. The summed E-state index contributed by atoms with van der Waals surface area (Å²) in [7, 11) is 0. The Labute approximate surface area is 124 Å². The van der Waals surface area contributed by atoms with Gasteiger partial charge in [-0.1, -0.05) is 58.0 Å². The summed E-state index contributed by atoms with van der Waals surface area (Å²) in [5, 5.41) is 14.7. The van der Waals surface area contributed by atoms with Gasteiger partial charge in [-0.05, 0) is 16.4 Å². The van der Waals surface area contributed by atoms with Crippen LogP contribution in [-0.4, -0.2) is 23.1 Å². The number of carboxylic acids is 1. The van der Waals surface area contributed by atoms with Gasteiger partial charge in [0.15, 0.2) is 6.04 Å². The van der Waals surface area contributed by atoms with Crippen LogP contribution in [0.15, 0.2) is 30.3 Å². The topological polar surface area (TPSA) is 78.4 Å². The van der Waals surface area contributed by atoms with Crippen molar-refractivity contribution < 1.29 is 14.7 Å². The maximum atomic E-state index is 12.1. The number of carbonyl (C=O) groups is 2. The van der Waals surface area contributed by atoms with E-state index in [4.69, 9.17) is 0 Å². The number of hydrogen-bond donors (Lipinski definition) is 3. The Hall–Kier alpha value is -2.04. The number of nitrogens with one attached hydrogen (secondary N) is 2. The molecule has 0 bridgehead atoms. The summed E-state index contributed by atoms with van der Waals surface area (Å²) < 4.78 is 0. The van der Waals surface area contributed by atoms with Gasteiger partial charge in [-0.25, -0.2) is 9.59 Å². The number of aliphatic carboxylic acids is 1. The van der Waals surface area contributed by atoms with Gasteiger partial charge in [0.25, 0.3) is 0 Å². The molecule has 2 amide bonds. The summed E-state index contributed by atoms with van der Waals surface area (Å²) in [5.41, 5.74) is 0.570. The molecule has 0 unspecified atom stereocenters. The third-order valence-corrected chi connectivity index (χ3v) is 4.95. The third kappa shape index (κ3) is 2.73. The van der Waals surface area contributed by atoms with E-state index in [0.29, 0.717) is 5.56 Å². The minimum atomic E-state index is -1.08. The third-order valence-electron chi connectivity index (χ3n) is 4.95. The molecule has 0 heterocycles. The number of carbonyl (C=O) groups excluding carboxylic acids is 1. The number of rotatable bonds is 4. The molecular formula is C16H22N2O3. The van der Waals surface area contributed by atoms with Crippen molar-refractivity contribution in [1.82, 2.24) is 10.6 Å². The normalized spacial score (nSPS) is 20.4. The molecule has 5 nitrogen and oxygen atoms in total. The first kappa shape index (κ1) is 15.4. The zero-order chi connectivity index (χ0) is 15.8. The van der Waals surface area contributed by atoms with E-state index in [1.54, 1.807) is 30.3 Å². The van der Waals surface area contributed by atoms with Crippen LogP contribution in [-0.2, 0) is 4.79 Å². The van der Waals surface area contributed by atoms with Gasteiger partial charge in [0.2, 0.25) is 0 Å². The lowest BCUT2D eigenvalue weighted by Gasteiger charge is -2.16. The fraction of sp³-hybridized carbons (Fsp3) is 0.500. The van der Waals surface area contributed by atoms with Crippen LogP contribution in [0, 0.1) is 10.8 Å². The van der Waals surface area contributed by atoms with Gasteiger partial charge in [-0.2, -0.15) is 0 Å². The first-order valence-electron chi connectivity index (χ1n) is 7.02. The van der Waals surface area contributed by atoms with E-state index in [9.17, 15) is 14.7 Å². The van der Waals surface area contributed by atoms with Crippen LogP contribution in [0.2, 0.25) is 0 Å². The molecule has 1 aliphatic rings. The molecule has 1 aromatic rings. The molecule has 2 rings (SSSR count). The van der Waals surface area contributed by atoms with Gasteiger partial charge < -0.3 is 15.7 Å². The van der Waals surface area contributed by atoms with Crippen LogP contribution < -0.4 is 10.6 Å². The molecule has 1 aromatic carbocycles. The minimum absolute atomic E-state index is 0.00973. The fourth-order valence-corrected chi connectivity index (χ4v) is 2.79. The second kappa shape index (κ2) is 5.06. The predicted molar refractivity (Wildman–Crippen MR) is 79.8 cm³/mol. The Morgan fingerprint density at radius 3 is 2.05 bits per heavy atom. The molecule has 0 saturated heterocycles. The van der Waals surface area contributed by atoms with Crippen molar-refractivity contribution in [3.63, 3.8) is 0 Å². The van der Waals surface area contributed by atoms with Crippen LogP contribution in [0.1, 0.15) is 39.3 Å². The first-order valence-corrected chi connectivity index (χ1v) is 7.02. The van der Waals surface area contributed by atoms with E-state index >= 15 is 0 Å². The SMILES string of the molecule is CC1(C)C(NC(=O)N[C@H](C(=O)O)c2ccccc2)C1(C)C. The van der Waals surface area contributed by atoms with E-state index in [1.165, 1.54) is 0 Å². The Morgan fingerprint density at radius 2 is 1.62 bits per heavy atom. The monoisotopic (exact) mass is 290 g/mol. The van der Waals surface area contributed by atoms with Gasteiger partial charge in [0, 0.05) is 6.04 Å². The van der Waals surface area contributed by atoms with Crippen LogP contribution in [0.25, 0.3) is 0 Å². The van der Waals surface area contributed by atoms with Crippen molar-refractivity contribution in [1.29, 1.82) is 0 Å². The Balaban J connectivity index is 2.03. The highest BCUT2D eigenvalue weighted by Gasteiger charge is 2.65. The van der Waals surface area contributed by atoms with Crippen molar-refractivity contribution in [3.05, 3.63) is 35.9 Å². The van der Waals surface area contributed by atoms with E-state index in [0.717, 1.165) is 0 Å². The number of hydrogen-bond acceptors (Lipinski definition) is 2. The quantitative estimate of drug-likeness (QED) is 0.797. The summed E-state index contributed by atoms with van der Waals surface area (Å²) in [4.78, 5) is 23.4. The van der Waals surface area contributed by atoms with E-state index < -0.39 is 18.0 Å². The standard InChI is InChI=1S/C16H22N2O3/c1-15(2)13(16(15,3)4)18-14(21)17-11(12(19)20)10-8-6-5-7-9-10/h5-9,11,13H,1-4H3,(H,19,20)(H2,17,18,21)/t11-/m0/s1. The number of amides is 2. The van der Waals surface area contributed by atoms with Gasteiger partial charge in [-0.3, -0.25) is 0 Å². The molecule has 1 fully saturated rings. The largest absolute Gasteiger partial charge is 0.479 e. The zero-order valence-corrected chi connectivity index (χ0v) is 12.8.